The number of hydrogen-bond acceptors (Lipinski definition) is 5. The Labute approximate surface area is 171 Å². The molecule has 5 atom stereocenters. The lowest BCUT2D eigenvalue weighted by atomic mass is 9.38. The fourth-order valence-corrected chi connectivity index (χ4v) is 8.65. The number of rotatable bonds is 3. The summed E-state index contributed by atoms with van der Waals surface area (Å²) in [6.45, 7) is 2.15. The third-order valence-corrected chi connectivity index (χ3v) is 9.25. The van der Waals surface area contributed by atoms with Gasteiger partial charge in [-0.1, -0.05) is 12.1 Å². The lowest BCUT2D eigenvalue weighted by Crippen LogP contribution is -2.78. The number of ether oxygens (including phenoxy) is 2. The van der Waals surface area contributed by atoms with Gasteiger partial charge in [0.25, 0.3) is 0 Å². The monoisotopic (exact) mass is 396 g/mol. The Hall–Kier alpha value is -2.08. The highest BCUT2D eigenvalue weighted by Crippen LogP contribution is 2.76. The molecule has 29 heavy (non-hydrogen) atoms. The van der Waals surface area contributed by atoms with Crippen LogP contribution in [-0.2, 0) is 19.7 Å². The summed E-state index contributed by atoms with van der Waals surface area (Å²) in [6, 6.07) is 6.55. The lowest BCUT2D eigenvalue weighted by molar-refractivity contribution is -0.175. The quantitative estimate of drug-likeness (QED) is 0.580. The SMILES string of the molecule is COC(=O)[C@H]1C[C@@]23CCCN4CC[C@@]5(c6cccc(OC)c6N(C=O)[C@]15CC2)[C@@H]43. The van der Waals surface area contributed by atoms with Gasteiger partial charge < -0.3 is 14.4 Å². The molecule has 2 bridgehead atoms. The van der Waals surface area contributed by atoms with E-state index in [1.54, 1.807) is 7.11 Å². The van der Waals surface area contributed by atoms with Crippen LogP contribution in [0.2, 0.25) is 0 Å². The van der Waals surface area contributed by atoms with Crippen LogP contribution in [0, 0.1) is 11.3 Å². The van der Waals surface area contributed by atoms with Crippen molar-refractivity contribution in [1.29, 1.82) is 0 Å². The number of carbonyl (C=O) groups excluding carboxylic acids is 2. The van der Waals surface area contributed by atoms with Gasteiger partial charge in [0.1, 0.15) is 5.75 Å². The summed E-state index contributed by atoms with van der Waals surface area (Å²) >= 11 is 0. The summed E-state index contributed by atoms with van der Waals surface area (Å²) in [5.74, 6) is 0.269. The van der Waals surface area contributed by atoms with Gasteiger partial charge in [0.05, 0.1) is 31.4 Å². The van der Waals surface area contributed by atoms with Crippen LogP contribution in [0.4, 0.5) is 5.69 Å². The van der Waals surface area contributed by atoms with E-state index >= 15 is 0 Å². The molecular formula is C23H28N2O4. The van der Waals surface area contributed by atoms with Crippen molar-refractivity contribution in [3.8, 4) is 5.75 Å². The molecule has 6 heteroatoms. The first-order valence-electron chi connectivity index (χ1n) is 10.8. The van der Waals surface area contributed by atoms with Crippen LogP contribution >= 0.6 is 0 Å². The van der Waals surface area contributed by atoms with E-state index in [1.807, 2.05) is 17.0 Å². The fraction of sp³-hybridized carbons (Fsp3) is 0.652. The molecule has 0 N–H and O–H groups in total. The molecule has 3 aliphatic heterocycles. The van der Waals surface area contributed by atoms with Gasteiger partial charge in [-0.3, -0.25) is 14.5 Å². The summed E-state index contributed by atoms with van der Waals surface area (Å²) in [6.07, 6.45) is 7.05. The van der Waals surface area contributed by atoms with Gasteiger partial charge in [0.15, 0.2) is 0 Å². The second kappa shape index (κ2) is 5.54. The average molecular weight is 396 g/mol. The number of carbonyl (C=O) groups is 2. The van der Waals surface area contributed by atoms with Crippen molar-refractivity contribution in [2.45, 2.75) is 55.5 Å². The zero-order valence-electron chi connectivity index (χ0n) is 17.1. The Morgan fingerprint density at radius 2 is 2.03 bits per heavy atom. The molecule has 3 saturated carbocycles. The number of piperidine rings is 1. The second-order valence-electron chi connectivity index (χ2n) is 9.66. The molecule has 6 aliphatic rings. The summed E-state index contributed by atoms with van der Waals surface area (Å²) in [4.78, 5) is 30.4. The molecule has 1 amide bonds. The first-order valence-corrected chi connectivity index (χ1v) is 10.8. The minimum atomic E-state index is -0.558. The average Bonchev–Trinajstić information content (AvgIpc) is 3.28. The van der Waals surface area contributed by atoms with Gasteiger partial charge in [0, 0.05) is 11.5 Å². The third kappa shape index (κ3) is 1.68. The highest BCUT2D eigenvalue weighted by molar-refractivity contribution is 5.93. The molecule has 3 heterocycles. The van der Waals surface area contributed by atoms with Crippen molar-refractivity contribution >= 4 is 18.1 Å². The van der Waals surface area contributed by atoms with Crippen LogP contribution < -0.4 is 9.64 Å². The maximum absolute atomic E-state index is 13.2. The van der Waals surface area contributed by atoms with E-state index in [0.717, 1.165) is 56.6 Å². The van der Waals surface area contributed by atoms with Crippen molar-refractivity contribution in [2.24, 2.45) is 11.3 Å². The van der Waals surface area contributed by atoms with E-state index in [9.17, 15) is 9.59 Å². The topological polar surface area (TPSA) is 59.1 Å². The molecule has 1 aromatic rings. The molecule has 7 rings (SSSR count). The van der Waals surface area contributed by atoms with Crippen molar-refractivity contribution in [3.63, 3.8) is 0 Å². The second-order valence-corrected chi connectivity index (χ2v) is 9.66. The molecular weight excluding hydrogens is 368 g/mol. The predicted molar refractivity (Wildman–Crippen MR) is 107 cm³/mol. The zero-order valence-corrected chi connectivity index (χ0v) is 17.1. The smallest absolute Gasteiger partial charge is 0.311 e. The molecule has 0 radical (unpaired) electrons. The minimum Gasteiger partial charge on any atom is -0.495 e. The van der Waals surface area contributed by atoms with Crippen molar-refractivity contribution < 1.29 is 19.1 Å². The van der Waals surface area contributed by atoms with Crippen molar-refractivity contribution in [3.05, 3.63) is 23.8 Å². The largest absolute Gasteiger partial charge is 0.495 e. The van der Waals surface area contributed by atoms with Crippen molar-refractivity contribution in [1.82, 2.24) is 4.90 Å². The van der Waals surface area contributed by atoms with Gasteiger partial charge in [-0.2, -0.15) is 0 Å². The zero-order chi connectivity index (χ0) is 20.0. The predicted octanol–water partition coefficient (Wildman–Crippen LogP) is 2.49. The molecule has 5 fully saturated rings. The van der Waals surface area contributed by atoms with Gasteiger partial charge in [-0.05, 0) is 68.7 Å². The number of methoxy groups -OCH3 is 2. The molecule has 154 valence electrons. The molecule has 0 unspecified atom stereocenters. The summed E-state index contributed by atoms with van der Waals surface area (Å²) in [7, 11) is 3.15. The Morgan fingerprint density at radius 3 is 2.79 bits per heavy atom. The molecule has 3 spiro atoms. The molecule has 0 aromatic heterocycles. The van der Waals surface area contributed by atoms with E-state index in [0.29, 0.717) is 6.04 Å². The molecule has 3 aliphatic carbocycles. The first kappa shape index (κ1) is 17.8. The van der Waals surface area contributed by atoms with E-state index in [-0.39, 0.29) is 22.7 Å². The van der Waals surface area contributed by atoms with E-state index in [4.69, 9.17) is 9.47 Å². The van der Waals surface area contributed by atoms with Crippen LogP contribution in [0.1, 0.15) is 44.1 Å². The van der Waals surface area contributed by atoms with Crippen LogP contribution in [0.5, 0.6) is 5.75 Å². The molecule has 2 saturated heterocycles. The summed E-state index contributed by atoms with van der Waals surface area (Å²) in [5.41, 5.74) is 1.43. The number of esters is 1. The van der Waals surface area contributed by atoms with E-state index in [2.05, 4.69) is 11.0 Å². The summed E-state index contributed by atoms with van der Waals surface area (Å²) in [5, 5.41) is 0. The maximum Gasteiger partial charge on any atom is 0.311 e. The minimum absolute atomic E-state index is 0.134. The number of anilines is 1. The molecule has 1 aromatic carbocycles. The highest BCUT2D eigenvalue weighted by Gasteiger charge is 2.81. The van der Waals surface area contributed by atoms with E-state index < -0.39 is 5.54 Å². The number of para-hydroxylation sites is 1. The highest BCUT2D eigenvalue weighted by atomic mass is 16.5. The van der Waals surface area contributed by atoms with Crippen LogP contribution in [-0.4, -0.2) is 56.2 Å². The number of benzene rings is 1. The summed E-state index contributed by atoms with van der Waals surface area (Å²) < 4.78 is 11.1. The van der Waals surface area contributed by atoms with Gasteiger partial charge >= 0.3 is 5.97 Å². The number of nitrogens with zero attached hydrogens (tertiary/aromatic N) is 2. The molecule has 6 nitrogen and oxygen atoms in total. The third-order valence-electron chi connectivity index (χ3n) is 9.25. The number of amides is 1. The van der Waals surface area contributed by atoms with Gasteiger partial charge in [-0.25, -0.2) is 0 Å². The number of fused-ring (bicyclic) bond motifs is 3. The van der Waals surface area contributed by atoms with Crippen molar-refractivity contribution in [2.75, 3.05) is 32.2 Å². The normalized spacial score (nSPS) is 41.5. The van der Waals surface area contributed by atoms with Crippen LogP contribution in [0.3, 0.4) is 0 Å². The Morgan fingerprint density at radius 1 is 1.17 bits per heavy atom. The Balaban J connectivity index is 1.70. The Bertz CT molecular complexity index is 918. The maximum atomic E-state index is 13.2. The van der Waals surface area contributed by atoms with Crippen LogP contribution in [0.15, 0.2) is 18.2 Å². The van der Waals surface area contributed by atoms with Gasteiger partial charge in [-0.15, -0.1) is 0 Å². The van der Waals surface area contributed by atoms with E-state index in [1.165, 1.54) is 25.5 Å². The lowest BCUT2D eigenvalue weighted by Gasteiger charge is -2.69. The Kier molecular flexibility index (Phi) is 3.39. The first-order chi connectivity index (χ1) is 14.1. The van der Waals surface area contributed by atoms with Crippen LogP contribution in [0.25, 0.3) is 0 Å². The van der Waals surface area contributed by atoms with Gasteiger partial charge in [0.2, 0.25) is 6.41 Å². The standard InChI is InChI=1S/C23H28N2O4/c1-28-17-6-3-5-15-18(17)25(14-26)23-9-8-21(13-16(23)19(27)29-2)7-4-11-24-12-10-22(15,23)20(21)24/h3,5-6,14,16,20H,4,7-13H2,1-2H3/t16-,20+,21-,22-,23-/m1/s1. The number of hydrogen-bond donors (Lipinski definition) is 0. The fourth-order valence-electron chi connectivity index (χ4n) is 8.65.